The summed E-state index contributed by atoms with van der Waals surface area (Å²) in [5, 5.41) is 2.26. The van der Waals surface area contributed by atoms with E-state index in [1.54, 1.807) is 18.2 Å². The van der Waals surface area contributed by atoms with E-state index in [0.29, 0.717) is 17.1 Å². The summed E-state index contributed by atoms with van der Waals surface area (Å²) in [5.41, 5.74) is 0.444. The number of urea groups is 1. The number of benzene rings is 1. The van der Waals surface area contributed by atoms with Crippen molar-refractivity contribution in [2.45, 2.75) is 31.7 Å². The van der Waals surface area contributed by atoms with Crippen LogP contribution in [0.25, 0.3) is 6.08 Å². The molecule has 0 bridgehead atoms. The molecule has 1 saturated carbocycles. The van der Waals surface area contributed by atoms with Gasteiger partial charge in [0.2, 0.25) is 0 Å². The predicted octanol–water partition coefficient (Wildman–Crippen LogP) is 2.11. The van der Waals surface area contributed by atoms with Gasteiger partial charge >= 0.3 is 6.03 Å². The summed E-state index contributed by atoms with van der Waals surface area (Å²) >= 11 is 0. The van der Waals surface area contributed by atoms with E-state index in [1.807, 2.05) is 0 Å². The Morgan fingerprint density at radius 1 is 1.12 bits per heavy atom. The molecule has 2 aliphatic rings. The molecule has 0 radical (unpaired) electrons. The Balaban J connectivity index is 2.00. The van der Waals surface area contributed by atoms with Gasteiger partial charge in [-0.25, -0.2) is 4.79 Å². The summed E-state index contributed by atoms with van der Waals surface area (Å²) in [6.45, 7) is 0. The molecule has 1 saturated heterocycles. The number of carbonyl (C=O) groups excluding carboxylic acids is 3. The molecule has 1 N–H and O–H groups in total. The third-order valence-electron chi connectivity index (χ3n) is 4.56. The maximum atomic E-state index is 12.8. The van der Waals surface area contributed by atoms with Gasteiger partial charge in [-0.2, -0.15) is 0 Å². The van der Waals surface area contributed by atoms with E-state index in [1.165, 1.54) is 25.2 Å². The van der Waals surface area contributed by atoms with Crippen molar-refractivity contribution >= 4 is 23.9 Å². The molecule has 7 nitrogen and oxygen atoms in total. The smallest absolute Gasteiger partial charge is 0.331 e. The van der Waals surface area contributed by atoms with Gasteiger partial charge in [-0.3, -0.25) is 19.8 Å². The summed E-state index contributed by atoms with van der Waals surface area (Å²) in [6.07, 6.45) is 4.91. The van der Waals surface area contributed by atoms with E-state index < -0.39 is 17.8 Å². The lowest BCUT2D eigenvalue weighted by Gasteiger charge is -2.31. The highest BCUT2D eigenvalue weighted by Crippen LogP contribution is 2.33. The van der Waals surface area contributed by atoms with Crippen molar-refractivity contribution in [2.24, 2.45) is 0 Å². The fraction of sp³-hybridized carbons (Fsp3) is 0.389. The Morgan fingerprint density at radius 2 is 1.84 bits per heavy atom. The van der Waals surface area contributed by atoms with Gasteiger partial charge in [0.1, 0.15) is 5.57 Å². The first kappa shape index (κ1) is 17.0. The van der Waals surface area contributed by atoms with Crippen LogP contribution in [0.2, 0.25) is 0 Å². The highest BCUT2D eigenvalue weighted by atomic mass is 16.5. The lowest BCUT2D eigenvalue weighted by atomic mass is 10.0. The van der Waals surface area contributed by atoms with Gasteiger partial charge < -0.3 is 9.47 Å². The number of ether oxygens (including phenoxy) is 2. The van der Waals surface area contributed by atoms with Crippen molar-refractivity contribution in [3.8, 4) is 11.5 Å². The Morgan fingerprint density at radius 3 is 2.48 bits per heavy atom. The number of hydrogen-bond donors (Lipinski definition) is 1. The lowest BCUT2D eigenvalue weighted by Crippen LogP contribution is -2.57. The van der Waals surface area contributed by atoms with E-state index in [0.717, 1.165) is 25.7 Å². The zero-order valence-corrected chi connectivity index (χ0v) is 14.2. The topological polar surface area (TPSA) is 84.9 Å². The molecule has 0 unspecified atom stereocenters. The molecular weight excluding hydrogens is 324 g/mol. The third kappa shape index (κ3) is 3.09. The average molecular weight is 344 g/mol. The van der Waals surface area contributed by atoms with E-state index >= 15 is 0 Å². The number of carbonyl (C=O) groups is 3. The van der Waals surface area contributed by atoms with Gasteiger partial charge in [-0.1, -0.05) is 25.0 Å². The normalized spacial score (nSPS) is 20.2. The highest BCUT2D eigenvalue weighted by molar-refractivity contribution is 6.31. The first-order chi connectivity index (χ1) is 12.1. The number of rotatable bonds is 4. The van der Waals surface area contributed by atoms with Crippen molar-refractivity contribution in [1.29, 1.82) is 0 Å². The predicted molar refractivity (Wildman–Crippen MR) is 90.2 cm³/mol. The lowest BCUT2D eigenvalue weighted by molar-refractivity contribution is -0.131. The maximum Gasteiger partial charge on any atom is 0.331 e. The fourth-order valence-electron chi connectivity index (χ4n) is 3.35. The van der Waals surface area contributed by atoms with Crippen LogP contribution >= 0.6 is 0 Å². The van der Waals surface area contributed by atoms with Crippen molar-refractivity contribution in [2.75, 3.05) is 14.2 Å². The number of para-hydroxylation sites is 1. The molecule has 0 aromatic heterocycles. The van der Waals surface area contributed by atoms with Crippen LogP contribution in [0.5, 0.6) is 11.5 Å². The zero-order chi connectivity index (χ0) is 18.0. The van der Waals surface area contributed by atoms with E-state index in [2.05, 4.69) is 5.32 Å². The van der Waals surface area contributed by atoms with E-state index in [4.69, 9.17) is 9.47 Å². The largest absolute Gasteiger partial charge is 0.493 e. The van der Waals surface area contributed by atoms with Crippen LogP contribution in [0.15, 0.2) is 23.8 Å². The number of amides is 4. The first-order valence-electron chi connectivity index (χ1n) is 8.18. The number of nitrogens with one attached hydrogen (secondary N) is 1. The summed E-state index contributed by atoms with van der Waals surface area (Å²) < 4.78 is 10.6. The molecule has 132 valence electrons. The maximum absolute atomic E-state index is 12.8. The number of barbiturate groups is 1. The monoisotopic (exact) mass is 344 g/mol. The van der Waals surface area contributed by atoms with Gasteiger partial charge in [0.15, 0.2) is 11.5 Å². The van der Waals surface area contributed by atoms with Crippen molar-refractivity contribution in [3.05, 3.63) is 29.3 Å². The first-order valence-corrected chi connectivity index (χ1v) is 8.18. The second kappa shape index (κ2) is 6.96. The van der Waals surface area contributed by atoms with Crippen molar-refractivity contribution < 1.29 is 23.9 Å². The molecule has 3 rings (SSSR count). The SMILES string of the molecule is COc1cccc(C=C2C(=O)NC(=O)N(C3CCCC3)C2=O)c1OC. The summed E-state index contributed by atoms with van der Waals surface area (Å²) in [4.78, 5) is 38.3. The zero-order valence-electron chi connectivity index (χ0n) is 14.2. The molecule has 2 fully saturated rings. The van der Waals surface area contributed by atoms with Crippen LogP contribution in [0.1, 0.15) is 31.2 Å². The highest BCUT2D eigenvalue weighted by Gasteiger charge is 2.40. The minimum absolute atomic E-state index is 0.0851. The van der Waals surface area contributed by atoms with Gasteiger partial charge in [0.25, 0.3) is 11.8 Å². The number of imide groups is 2. The van der Waals surface area contributed by atoms with Gasteiger partial charge in [0.05, 0.1) is 14.2 Å². The third-order valence-corrected chi connectivity index (χ3v) is 4.56. The quantitative estimate of drug-likeness (QED) is 0.668. The van der Waals surface area contributed by atoms with E-state index in [-0.39, 0.29) is 11.6 Å². The summed E-state index contributed by atoms with van der Waals surface area (Å²) in [7, 11) is 2.99. The summed E-state index contributed by atoms with van der Waals surface area (Å²) in [6, 6.07) is 4.37. The van der Waals surface area contributed by atoms with Crippen molar-refractivity contribution in [1.82, 2.24) is 10.2 Å². The average Bonchev–Trinajstić information content (AvgIpc) is 3.12. The van der Waals surface area contributed by atoms with Gasteiger partial charge in [-0.05, 0) is 25.0 Å². The minimum atomic E-state index is -0.700. The molecular formula is C18H20N2O5. The van der Waals surface area contributed by atoms with Crippen LogP contribution < -0.4 is 14.8 Å². The second-order valence-electron chi connectivity index (χ2n) is 6.01. The molecule has 1 aliphatic carbocycles. The Bertz CT molecular complexity index is 750. The molecule has 7 heteroatoms. The number of nitrogens with zero attached hydrogens (tertiary/aromatic N) is 1. The fourth-order valence-corrected chi connectivity index (χ4v) is 3.35. The molecule has 1 aromatic carbocycles. The standard InChI is InChI=1S/C18H20N2O5/c1-24-14-9-5-6-11(15(14)25-2)10-13-16(21)19-18(23)20(17(13)22)12-7-3-4-8-12/h5-6,9-10,12H,3-4,7-8H2,1-2H3,(H,19,21,23). The van der Waals surface area contributed by atoms with E-state index in [9.17, 15) is 14.4 Å². The second-order valence-corrected chi connectivity index (χ2v) is 6.01. The number of hydrogen-bond acceptors (Lipinski definition) is 5. The molecule has 0 spiro atoms. The molecule has 1 heterocycles. The van der Waals surface area contributed by atoms with Crippen molar-refractivity contribution in [3.63, 3.8) is 0 Å². The minimum Gasteiger partial charge on any atom is -0.493 e. The van der Waals surface area contributed by atoms with Gasteiger partial charge in [-0.15, -0.1) is 0 Å². The molecule has 0 atom stereocenters. The van der Waals surface area contributed by atoms with Gasteiger partial charge in [0, 0.05) is 11.6 Å². The van der Waals surface area contributed by atoms with Crippen LogP contribution in [0.4, 0.5) is 4.79 Å². The molecule has 4 amide bonds. The molecule has 25 heavy (non-hydrogen) atoms. The summed E-state index contributed by atoms with van der Waals surface area (Å²) in [5.74, 6) is -0.355. The Hall–Kier alpha value is -2.83. The Kier molecular flexibility index (Phi) is 4.74. The Labute approximate surface area is 145 Å². The van der Waals surface area contributed by atoms with Crippen LogP contribution in [0.3, 0.4) is 0 Å². The van der Waals surface area contributed by atoms with Crippen LogP contribution in [-0.2, 0) is 9.59 Å². The molecule has 1 aliphatic heterocycles. The number of methoxy groups -OCH3 is 2. The molecule has 1 aromatic rings. The van der Waals surface area contributed by atoms with Crippen LogP contribution in [-0.4, -0.2) is 43.0 Å². The van der Waals surface area contributed by atoms with Crippen LogP contribution in [0, 0.1) is 0 Å².